The molecule has 0 atom stereocenters. The summed E-state index contributed by atoms with van der Waals surface area (Å²) in [6.45, 7) is 6.76. The molecule has 1 N–H and O–H groups in total. The number of urea groups is 1. The molecule has 3 rings (SSSR count). The number of nitrogens with one attached hydrogen (secondary N) is 1. The van der Waals surface area contributed by atoms with Crippen LogP contribution in [-0.2, 0) is 13.1 Å². The van der Waals surface area contributed by atoms with Gasteiger partial charge < -0.3 is 15.1 Å². The predicted octanol–water partition coefficient (Wildman–Crippen LogP) is 2.54. The number of hydrogen-bond acceptors (Lipinski definition) is 5. The molecule has 26 heavy (non-hydrogen) atoms. The van der Waals surface area contributed by atoms with Crippen LogP contribution in [-0.4, -0.2) is 61.1 Å². The van der Waals surface area contributed by atoms with Gasteiger partial charge in [-0.1, -0.05) is 12.1 Å². The van der Waals surface area contributed by atoms with Gasteiger partial charge in [0.1, 0.15) is 0 Å². The number of piperazine rings is 1. The van der Waals surface area contributed by atoms with Crippen LogP contribution in [0.5, 0.6) is 0 Å². The summed E-state index contributed by atoms with van der Waals surface area (Å²) < 4.78 is 0. The van der Waals surface area contributed by atoms with Crippen LogP contribution in [0.2, 0.25) is 0 Å². The maximum atomic E-state index is 12.4. The van der Waals surface area contributed by atoms with E-state index in [-0.39, 0.29) is 6.03 Å². The minimum atomic E-state index is 0.0193. The Bertz CT molecular complexity index is 720. The van der Waals surface area contributed by atoms with Gasteiger partial charge in [0.2, 0.25) is 0 Å². The van der Waals surface area contributed by atoms with Gasteiger partial charge in [0.15, 0.2) is 0 Å². The minimum absolute atomic E-state index is 0.0193. The number of amides is 2. The van der Waals surface area contributed by atoms with Gasteiger partial charge in [-0.05, 0) is 24.6 Å². The molecule has 0 radical (unpaired) electrons. The van der Waals surface area contributed by atoms with E-state index in [1.54, 1.807) is 11.3 Å². The summed E-state index contributed by atoms with van der Waals surface area (Å²) in [6, 6.07) is 8.28. The van der Waals surface area contributed by atoms with Gasteiger partial charge in [-0.3, -0.25) is 4.90 Å². The molecule has 1 aromatic carbocycles. The largest absolute Gasteiger partial charge is 0.378 e. The molecule has 0 aliphatic carbocycles. The average molecular weight is 374 g/mol. The van der Waals surface area contributed by atoms with Crippen molar-refractivity contribution in [1.82, 2.24) is 20.1 Å². The van der Waals surface area contributed by atoms with E-state index in [0.29, 0.717) is 6.54 Å². The van der Waals surface area contributed by atoms with Crippen molar-refractivity contribution in [2.75, 3.05) is 45.2 Å². The molecule has 1 aliphatic rings. The lowest BCUT2D eigenvalue weighted by molar-refractivity contribution is 0.134. The first-order valence-electron chi connectivity index (χ1n) is 8.93. The fourth-order valence-corrected chi connectivity index (χ4v) is 3.62. The molecule has 0 spiro atoms. The summed E-state index contributed by atoms with van der Waals surface area (Å²) >= 11 is 1.69. The highest BCUT2D eigenvalue weighted by atomic mass is 32.1. The van der Waals surface area contributed by atoms with Crippen molar-refractivity contribution < 1.29 is 4.79 Å². The summed E-state index contributed by atoms with van der Waals surface area (Å²) in [7, 11) is 4.04. The van der Waals surface area contributed by atoms with E-state index in [9.17, 15) is 4.79 Å². The highest BCUT2D eigenvalue weighted by Crippen LogP contribution is 2.13. The molecule has 1 aromatic heterocycles. The van der Waals surface area contributed by atoms with Crippen molar-refractivity contribution in [3.63, 3.8) is 0 Å². The lowest BCUT2D eigenvalue weighted by Gasteiger charge is -2.34. The Kier molecular flexibility index (Phi) is 6.11. The van der Waals surface area contributed by atoms with Crippen LogP contribution in [0.25, 0.3) is 0 Å². The van der Waals surface area contributed by atoms with Crippen LogP contribution >= 0.6 is 11.3 Å². The second-order valence-electron chi connectivity index (χ2n) is 6.84. The molecule has 0 bridgehead atoms. The van der Waals surface area contributed by atoms with Crippen molar-refractivity contribution in [2.45, 2.75) is 20.0 Å². The van der Waals surface area contributed by atoms with E-state index in [0.717, 1.165) is 54.7 Å². The maximum Gasteiger partial charge on any atom is 0.317 e. The Morgan fingerprint density at radius 3 is 2.46 bits per heavy atom. The number of thiazole rings is 1. The van der Waals surface area contributed by atoms with Crippen molar-refractivity contribution in [3.05, 3.63) is 45.9 Å². The third kappa shape index (κ3) is 4.95. The SMILES string of the molecule is Cc1nc(CN2CCN(C(=O)NCc3ccc(N(C)C)cc3)CC2)cs1. The number of anilines is 1. The van der Waals surface area contributed by atoms with Crippen molar-refractivity contribution >= 4 is 23.1 Å². The summed E-state index contributed by atoms with van der Waals surface area (Å²) in [5.41, 5.74) is 3.40. The Balaban J connectivity index is 1.42. The van der Waals surface area contributed by atoms with Crippen LogP contribution in [0.4, 0.5) is 10.5 Å². The first kappa shape index (κ1) is 18.7. The second kappa shape index (κ2) is 8.51. The van der Waals surface area contributed by atoms with Crippen molar-refractivity contribution in [2.24, 2.45) is 0 Å². The van der Waals surface area contributed by atoms with E-state index < -0.39 is 0 Å². The summed E-state index contributed by atoms with van der Waals surface area (Å²) in [5.74, 6) is 0. The zero-order chi connectivity index (χ0) is 18.5. The number of rotatable bonds is 5. The molecule has 1 fully saturated rings. The summed E-state index contributed by atoms with van der Waals surface area (Å²) in [4.78, 5) is 23.2. The van der Waals surface area contributed by atoms with Gasteiger partial charge in [0.25, 0.3) is 0 Å². The molecule has 2 amide bonds. The smallest absolute Gasteiger partial charge is 0.317 e. The third-order valence-corrected chi connectivity index (χ3v) is 5.43. The molecular weight excluding hydrogens is 346 g/mol. The molecule has 7 heteroatoms. The van der Waals surface area contributed by atoms with Gasteiger partial charge in [0.05, 0.1) is 10.7 Å². The molecule has 1 saturated heterocycles. The van der Waals surface area contributed by atoms with Crippen LogP contribution in [0.1, 0.15) is 16.3 Å². The number of nitrogens with zero attached hydrogens (tertiary/aromatic N) is 4. The van der Waals surface area contributed by atoms with Crippen LogP contribution in [0.15, 0.2) is 29.6 Å². The highest BCUT2D eigenvalue weighted by Gasteiger charge is 2.21. The lowest BCUT2D eigenvalue weighted by Crippen LogP contribution is -2.51. The van der Waals surface area contributed by atoms with Gasteiger partial charge in [0, 0.05) is 64.4 Å². The number of benzene rings is 1. The van der Waals surface area contributed by atoms with Crippen LogP contribution < -0.4 is 10.2 Å². The van der Waals surface area contributed by atoms with E-state index in [2.05, 4.69) is 49.7 Å². The monoisotopic (exact) mass is 373 g/mol. The fraction of sp³-hybridized carbons (Fsp3) is 0.474. The number of carbonyl (C=O) groups excluding carboxylic acids is 1. The molecule has 6 nitrogen and oxygen atoms in total. The normalized spacial score (nSPS) is 15.1. The van der Waals surface area contributed by atoms with Gasteiger partial charge in [-0.25, -0.2) is 9.78 Å². The Morgan fingerprint density at radius 1 is 1.19 bits per heavy atom. The Morgan fingerprint density at radius 2 is 1.88 bits per heavy atom. The number of aromatic nitrogens is 1. The number of hydrogen-bond donors (Lipinski definition) is 1. The van der Waals surface area contributed by atoms with Gasteiger partial charge in [-0.2, -0.15) is 0 Å². The zero-order valence-corrected chi connectivity index (χ0v) is 16.6. The topological polar surface area (TPSA) is 51.7 Å². The zero-order valence-electron chi connectivity index (χ0n) is 15.7. The van der Waals surface area contributed by atoms with E-state index in [4.69, 9.17) is 0 Å². The van der Waals surface area contributed by atoms with Crippen LogP contribution in [0, 0.1) is 6.92 Å². The number of aryl methyl sites for hydroxylation is 1. The van der Waals surface area contributed by atoms with Crippen molar-refractivity contribution in [1.29, 1.82) is 0 Å². The Hall–Kier alpha value is -2.12. The second-order valence-corrected chi connectivity index (χ2v) is 7.90. The molecule has 2 heterocycles. The van der Waals surface area contributed by atoms with E-state index in [1.165, 1.54) is 0 Å². The molecule has 0 unspecified atom stereocenters. The van der Waals surface area contributed by atoms with Gasteiger partial charge >= 0.3 is 6.03 Å². The standard InChI is InChI=1S/C19H27N5OS/c1-15-21-17(14-26-15)13-23-8-10-24(11-9-23)19(25)20-12-16-4-6-18(7-5-16)22(2)3/h4-7,14H,8-13H2,1-3H3,(H,20,25). The first-order valence-corrected chi connectivity index (χ1v) is 9.81. The third-order valence-electron chi connectivity index (χ3n) is 4.61. The van der Waals surface area contributed by atoms with Crippen molar-refractivity contribution in [3.8, 4) is 0 Å². The first-order chi connectivity index (χ1) is 12.5. The lowest BCUT2D eigenvalue weighted by atomic mass is 10.2. The number of carbonyl (C=O) groups is 1. The quantitative estimate of drug-likeness (QED) is 0.875. The van der Waals surface area contributed by atoms with E-state index >= 15 is 0 Å². The predicted molar refractivity (Wildman–Crippen MR) is 107 cm³/mol. The summed E-state index contributed by atoms with van der Waals surface area (Å²) in [6.07, 6.45) is 0. The fourth-order valence-electron chi connectivity index (χ4n) is 3.02. The molecule has 1 aliphatic heterocycles. The maximum absolute atomic E-state index is 12.4. The van der Waals surface area contributed by atoms with Crippen LogP contribution in [0.3, 0.4) is 0 Å². The molecular formula is C19H27N5OS. The molecule has 2 aromatic rings. The molecule has 140 valence electrons. The van der Waals surface area contributed by atoms with Gasteiger partial charge in [-0.15, -0.1) is 11.3 Å². The average Bonchev–Trinajstić information content (AvgIpc) is 3.05. The minimum Gasteiger partial charge on any atom is -0.378 e. The van der Waals surface area contributed by atoms with E-state index in [1.807, 2.05) is 25.9 Å². The highest BCUT2D eigenvalue weighted by molar-refractivity contribution is 7.09. The molecule has 0 saturated carbocycles. The Labute approximate surface area is 159 Å². The summed E-state index contributed by atoms with van der Waals surface area (Å²) in [5, 5.41) is 6.26.